The Labute approximate surface area is 222 Å². The predicted octanol–water partition coefficient (Wildman–Crippen LogP) is 8.50. The molecule has 0 aromatic heterocycles. The number of non-ortho nitro benzene ring substituents is 1. The van der Waals surface area contributed by atoms with Crippen molar-refractivity contribution in [1.29, 1.82) is 0 Å². The van der Waals surface area contributed by atoms with Crippen LogP contribution in [0.5, 0.6) is 0 Å². The zero-order chi connectivity index (χ0) is 26.6. The molecule has 0 aliphatic carbocycles. The van der Waals surface area contributed by atoms with Crippen molar-refractivity contribution in [2.45, 2.75) is 116 Å². The van der Waals surface area contributed by atoms with Gasteiger partial charge >= 0.3 is 11.9 Å². The maximum absolute atomic E-state index is 12.7. The van der Waals surface area contributed by atoms with Crippen LogP contribution in [0.25, 0.3) is 0 Å². The fraction of sp³-hybridized carbons (Fsp3) is 0.667. The lowest BCUT2D eigenvalue weighted by Gasteiger charge is -2.10. The van der Waals surface area contributed by atoms with E-state index >= 15 is 0 Å². The van der Waals surface area contributed by atoms with Crippen LogP contribution in [0.4, 0.5) is 5.69 Å². The molecule has 1 heterocycles. The molecule has 37 heavy (non-hydrogen) atoms. The first-order valence-electron chi connectivity index (χ1n) is 14.4. The Balaban J connectivity index is 1.89. The minimum Gasteiger partial charge on any atom is -0.462 e. The highest BCUT2D eigenvalue weighted by molar-refractivity contribution is 6.03. The van der Waals surface area contributed by atoms with Gasteiger partial charge in [-0.15, -0.1) is 0 Å². The molecule has 0 spiro atoms. The minimum atomic E-state index is -0.724. The molecule has 206 valence electrons. The molecule has 0 bridgehead atoms. The van der Waals surface area contributed by atoms with Gasteiger partial charge in [0.25, 0.3) is 5.69 Å². The van der Waals surface area contributed by atoms with E-state index in [0.717, 1.165) is 44.6 Å². The zero-order valence-electron chi connectivity index (χ0n) is 22.4. The third-order valence-electron chi connectivity index (χ3n) is 6.82. The van der Waals surface area contributed by atoms with Crippen molar-refractivity contribution in [3.8, 4) is 0 Å². The minimum absolute atomic E-state index is 0.0126. The fourth-order valence-corrected chi connectivity index (χ4v) is 4.56. The van der Waals surface area contributed by atoms with Crippen LogP contribution in [0.2, 0.25) is 0 Å². The highest BCUT2D eigenvalue weighted by Gasteiger charge is 2.23. The number of carbonyl (C=O) groups excluding carboxylic acids is 2. The van der Waals surface area contributed by atoms with E-state index in [1.54, 1.807) is 0 Å². The van der Waals surface area contributed by atoms with E-state index in [2.05, 4.69) is 12.2 Å². The molecule has 1 aromatic carbocycles. The normalized spacial score (nSPS) is 20.3. The van der Waals surface area contributed by atoms with Crippen LogP contribution >= 0.6 is 0 Å². The Hall–Kier alpha value is -2.70. The number of hydrogen-bond donors (Lipinski definition) is 0. The number of ether oxygens (including phenoxy) is 2. The van der Waals surface area contributed by atoms with Gasteiger partial charge in [-0.2, -0.15) is 0 Å². The molecular formula is C30H45NO6. The summed E-state index contributed by atoms with van der Waals surface area (Å²) in [7, 11) is 0. The summed E-state index contributed by atoms with van der Waals surface area (Å²) < 4.78 is 10.7. The lowest BCUT2D eigenvalue weighted by molar-refractivity contribution is -0.384. The molecule has 7 heteroatoms. The number of cyclic esters (lactones) is 2. The van der Waals surface area contributed by atoms with Crippen molar-refractivity contribution >= 4 is 17.6 Å². The molecule has 7 nitrogen and oxygen atoms in total. The van der Waals surface area contributed by atoms with Gasteiger partial charge in [0.1, 0.15) is 0 Å². The monoisotopic (exact) mass is 515 g/mol. The molecule has 1 aromatic rings. The highest BCUT2D eigenvalue weighted by Crippen LogP contribution is 2.21. The standard InChI is InChI=1S/C30H45NO6/c32-29-27-22-21-26(31(34)35)25-28(27)30(33)37-24-20-18-16-14-12-10-8-6-4-2-1-3-5-7-9-11-13-15-17-19-23-36-29/h1-2,21-22,25H,3-20,23-24H2/b2-1+. The molecular weight excluding hydrogens is 470 g/mol. The van der Waals surface area contributed by atoms with Crippen LogP contribution < -0.4 is 0 Å². The average molecular weight is 516 g/mol. The summed E-state index contributed by atoms with van der Waals surface area (Å²) in [5, 5.41) is 11.2. The van der Waals surface area contributed by atoms with E-state index in [0.29, 0.717) is 0 Å². The van der Waals surface area contributed by atoms with E-state index in [4.69, 9.17) is 9.47 Å². The summed E-state index contributed by atoms with van der Waals surface area (Å²) in [5.74, 6) is -1.37. The molecule has 0 saturated carbocycles. The first-order chi connectivity index (χ1) is 18.1. The Morgan fingerprint density at radius 1 is 0.568 bits per heavy atom. The SMILES string of the molecule is O=C1OCCCCCCCCCC/C=C/CCCCCCCCCCOC(=O)c2cc([N+](=O)[O-])ccc21. The van der Waals surface area contributed by atoms with Crippen LogP contribution in [0.15, 0.2) is 30.4 Å². The number of allylic oxidation sites excluding steroid dienone is 2. The summed E-state index contributed by atoms with van der Waals surface area (Å²) in [5.41, 5.74) is -0.355. The molecule has 0 radical (unpaired) electrons. The summed E-state index contributed by atoms with van der Waals surface area (Å²) in [6.45, 7) is 0.485. The Kier molecular flexibility index (Phi) is 16.0. The van der Waals surface area contributed by atoms with Gasteiger partial charge in [0, 0.05) is 12.1 Å². The van der Waals surface area contributed by atoms with Gasteiger partial charge in [-0.1, -0.05) is 89.2 Å². The second-order valence-electron chi connectivity index (χ2n) is 9.96. The topological polar surface area (TPSA) is 95.7 Å². The van der Waals surface area contributed by atoms with E-state index in [1.165, 1.54) is 89.2 Å². The summed E-state index contributed by atoms with van der Waals surface area (Å²) in [6.07, 6.45) is 25.1. The Bertz CT molecular complexity index is 850. The number of esters is 2. The number of benzene rings is 1. The molecule has 1 aliphatic rings. The molecule has 0 N–H and O–H groups in total. The zero-order valence-corrected chi connectivity index (χ0v) is 22.4. The number of hydrogen-bond acceptors (Lipinski definition) is 6. The fourth-order valence-electron chi connectivity index (χ4n) is 4.56. The molecule has 0 amide bonds. The second kappa shape index (κ2) is 19.4. The van der Waals surface area contributed by atoms with E-state index in [-0.39, 0.29) is 30.0 Å². The molecule has 0 saturated heterocycles. The highest BCUT2D eigenvalue weighted by atomic mass is 16.6. The number of nitrogens with zero attached hydrogens (tertiary/aromatic N) is 1. The van der Waals surface area contributed by atoms with Crippen LogP contribution in [0.3, 0.4) is 0 Å². The maximum atomic E-state index is 12.7. The van der Waals surface area contributed by atoms with Gasteiger partial charge in [0.05, 0.1) is 29.3 Å². The van der Waals surface area contributed by atoms with Crippen molar-refractivity contribution in [3.05, 3.63) is 51.6 Å². The number of fused-ring (bicyclic) bond motifs is 1. The van der Waals surface area contributed by atoms with Crippen molar-refractivity contribution < 1.29 is 24.0 Å². The molecule has 0 atom stereocenters. The number of rotatable bonds is 1. The first kappa shape index (κ1) is 30.5. The predicted molar refractivity (Wildman–Crippen MR) is 146 cm³/mol. The summed E-state index contributed by atoms with van der Waals surface area (Å²) in [4.78, 5) is 35.9. The Morgan fingerprint density at radius 3 is 1.43 bits per heavy atom. The molecule has 2 rings (SSSR count). The van der Waals surface area contributed by atoms with Crippen LogP contribution in [0, 0.1) is 10.1 Å². The lowest BCUT2D eigenvalue weighted by Crippen LogP contribution is -2.15. The van der Waals surface area contributed by atoms with Gasteiger partial charge in [-0.05, 0) is 44.6 Å². The van der Waals surface area contributed by atoms with Gasteiger partial charge < -0.3 is 9.47 Å². The third kappa shape index (κ3) is 13.4. The summed E-state index contributed by atoms with van der Waals surface area (Å²) in [6, 6.07) is 3.60. The van der Waals surface area contributed by atoms with E-state index in [9.17, 15) is 19.7 Å². The molecule has 0 unspecified atom stereocenters. The van der Waals surface area contributed by atoms with Gasteiger partial charge in [0.2, 0.25) is 0 Å². The van der Waals surface area contributed by atoms with Crippen molar-refractivity contribution in [2.24, 2.45) is 0 Å². The molecule has 1 aliphatic heterocycles. The van der Waals surface area contributed by atoms with Crippen molar-refractivity contribution in [3.63, 3.8) is 0 Å². The lowest BCUT2D eigenvalue weighted by atomic mass is 10.1. The number of nitro benzene ring substituents is 1. The van der Waals surface area contributed by atoms with Crippen molar-refractivity contribution in [1.82, 2.24) is 0 Å². The molecule has 0 fully saturated rings. The smallest absolute Gasteiger partial charge is 0.339 e. The second-order valence-corrected chi connectivity index (χ2v) is 9.96. The quantitative estimate of drug-likeness (QED) is 0.161. The van der Waals surface area contributed by atoms with Crippen LogP contribution in [-0.2, 0) is 9.47 Å². The van der Waals surface area contributed by atoms with Crippen molar-refractivity contribution in [2.75, 3.05) is 13.2 Å². The van der Waals surface area contributed by atoms with Crippen LogP contribution in [-0.4, -0.2) is 30.1 Å². The summed E-state index contributed by atoms with van der Waals surface area (Å²) >= 11 is 0. The van der Waals surface area contributed by atoms with Gasteiger partial charge in [-0.3, -0.25) is 10.1 Å². The van der Waals surface area contributed by atoms with Gasteiger partial charge in [0.15, 0.2) is 0 Å². The largest absolute Gasteiger partial charge is 0.462 e. The maximum Gasteiger partial charge on any atom is 0.339 e. The van der Waals surface area contributed by atoms with E-state index in [1.807, 2.05) is 0 Å². The average Bonchev–Trinajstić information content (AvgIpc) is 2.89. The van der Waals surface area contributed by atoms with Gasteiger partial charge in [-0.25, -0.2) is 9.59 Å². The van der Waals surface area contributed by atoms with E-state index < -0.39 is 16.9 Å². The number of nitro groups is 1. The third-order valence-corrected chi connectivity index (χ3v) is 6.82. The van der Waals surface area contributed by atoms with Crippen LogP contribution in [0.1, 0.15) is 136 Å². The number of carbonyl (C=O) groups is 2. The first-order valence-corrected chi connectivity index (χ1v) is 14.4. The Morgan fingerprint density at radius 2 is 0.973 bits per heavy atom.